The van der Waals surface area contributed by atoms with Crippen LogP contribution in [-0.2, 0) is 11.2 Å². The third-order valence-electron chi connectivity index (χ3n) is 6.50. The Morgan fingerprint density at radius 3 is 2.38 bits per heavy atom. The molecule has 40 heavy (non-hydrogen) atoms. The van der Waals surface area contributed by atoms with Crippen LogP contribution < -0.4 is 25.1 Å². The van der Waals surface area contributed by atoms with Gasteiger partial charge in [-0.15, -0.1) is 0 Å². The fraction of sp³-hybridized carbons (Fsp3) is 0.172. The van der Waals surface area contributed by atoms with Gasteiger partial charge in [0.25, 0.3) is 5.56 Å². The molecular formula is C29H25N3O8. The number of aromatic nitrogens is 2. The molecule has 204 valence electrons. The molecule has 0 saturated carbocycles. The number of benzene rings is 3. The van der Waals surface area contributed by atoms with Crippen LogP contribution in [-0.4, -0.2) is 48.0 Å². The zero-order chi connectivity index (χ0) is 28.6. The Kier molecular flexibility index (Phi) is 6.87. The van der Waals surface area contributed by atoms with Crippen LogP contribution >= 0.6 is 0 Å². The number of aryl methyl sites for hydroxylation is 1. The largest absolute Gasteiger partial charge is 0.493 e. The van der Waals surface area contributed by atoms with Crippen LogP contribution in [0.3, 0.4) is 0 Å². The first-order valence-electron chi connectivity index (χ1n) is 12.1. The van der Waals surface area contributed by atoms with E-state index in [4.69, 9.17) is 18.7 Å². The number of carbonyl (C=O) groups is 2. The van der Waals surface area contributed by atoms with Crippen LogP contribution in [0, 0.1) is 6.92 Å². The molecule has 0 radical (unpaired) electrons. The summed E-state index contributed by atoms with van der Waals surface area (Å²) in [6.07, 6.45) is 0.00881. The quantitative estimate of drug-likeness (QED) is 0.292. The van der Waals surface area contributed by atoms with E-state index in [9.17, 15) is 19.5 Å². The molecule has 2 N–H and O–H groups in total. The van der Waals surface area contributed by atoms with Crippen LogP contribution in [0.2, 0.25) is 0 Å². The number of hydrogen-bond donors (Lipinski definition) is 2. The van der Waals surface area contributed by atoms with Crippen molar-refractivity contribution >= 4 is 39.4 Å². The van der Waals surface area contributed by atoms with Crippen molar-refractivity contribution < 1.29 is 33.4 Å². The lowest BCUT2D eigenvalue weighted by Crippen LogP contribution is -2.20. The first kappa shape index (κ1) is 26.3. The van der Waals surface area contributed by atoms with Gasteiger partial charge < -0.3 is 29.2 Å². The van der Waals surface area contributed by atoms with Gasteiger partial charge in [0.15, 0.2) is 11.5 Å². The van der Waals surface area contributed by atoms with E-state index < -0.39 is 5.97 Å². The average Bonchev–Trinajstić information content (AvgIpc) is 3.34. The normalized spacial score (nSPS) is 11.0. The fourth-order valence-electron chi connectivity index (χ4n) is 4.69. The number of nitrogens with one attached hydrogen (secondary N) is 1. The highest BCUT2D eigenvalue weighted by molar-refractivity contribution is 6.06. The summed E-state index contributed by atoms with van der Waals surface area (Å²) in [5, 5.41) is 17.1. The number of rotatable bonds is 8. The Labute approximate surface area is 227 Å². The van der Waals surface area contributed by atoms with Crippen LogP contribution in [0.15, 0.2) is 63.9 Å². The monoisotopic (exact) mass is 543 g/mol. The summed E-state index contributed by atoms with van der Waals surface area (Å²) in [7, 11) is 4.47. The van der Waals surface area contributed by atoms with E-state index >= 15 is 0 Å². The van der Waals surface area contributed by atoms with E-state index in [-0.39, 0.29) is 34.4 Å². The van der Waals surface area contributed by atoms with Crippen LogP contribution in [0.4, 0.5) is 5.69 Å². The topological polar surface area (TPSA) is 142 Å². The number of carbonyl (C=O) groups excluding carboxylic acids is 1. The average molecular weight is 544 g/mol. The molecular weight excluding hydrogens is 518 g/mol. The molecule has 0 atom stereocenters. The summed E-state index contributed by atoms with van der Waals surface area (Å²) in [5.74, 6) is 0.112. The number of nitrogens with zero attached hydrogens (tertiary/aromatic N) is 2. The molecule has 2 aromatic heterocycles. The minimum absolute atomic E-state index is 0.00881. The number of ether oxygens (including phenoxy) is 3. The van der Waals surface area contributed by atoms with Crippen molar-refractivity contribution in [3.05, 3.63) is 81.8 Å². The standard InChI is InChI=1S/C29H25N3O8/c1-15-25-26(31-40-15)20-12-17(29(35)36)8-9-21(20)32(28(25)34)19-7-5-6-16(10-19)11-24(33)30-18-13-22(37-2)27(39-4)23(14-18)38-3/h5-10,12-14H,11H2,1-4H3,(H,30,33)(H,35,36). The Hall–Kier alpha value is -5.32. The molecule has 11 nitrogen and oxygen atoms in total. The summed E-state index contributed by atoms with van der Waals surface area (Å²) in [5.41, 5.74) is 2.03. The van der Waals surface area contributed by atoms with Crippen LogP contribution in [0.25, 0.3) is 27.5 Å². The summed E-state index contributed by atoms with van der Waals surface area (Å²) < 4.78 is 22.8. The summed E-state index contributed by atoms with van der Waals surface area (Å²) >= 11 is 0. The third-order valence-corrected chi connectivity index (χ3v) is 6.50. The van der Waals surface area contributed by atoms with Gasteiger partial charge in [0, 0.05) is 28.9 Å². The molecule has 1 amide bonds. The number of amides is 1. The van der Waals surface area contributed by atoms with E-state index in [0.29, 0.717) is 50.8 Å². The molecule has 0 unspecified atom stereocenters. The maximum Gasteiger partial charge on any atom is 0.335 e. The van der Waals surface area contributed by atoms with Crippen molar-refractivity contribution in [1.82, 2.24) is 9.72 Å². The zero-order valence-corrected chi connectivity index (χ0v) is 22.1. The Morgan fingerprint density at radius 2 is 1.73 bits per heavy atom. The molecule has 0 saturated heterocycles. The molecule has 0 aliphatic heterocycles. The zero-order valence-electron chi connectivity index (χ0n) is 22.1. The van der Waals surface area contributed by atoms with Gasteiger partial charge in [-0.1, -0.05) is 17.3 Å². The highest BCUT2D eigenvalue weighted by atomic mass is 16.5. The summed E-state index contributed by atoms with van der Waals surface area (Å²) in [6.45, 7) is 1.62. The number of anilines is 1. The molecule has 0 aliphatic carbocycles. The molecule has 0 fully saturated rings. The molecule has 0 bridgehead atoms. The van der Waals surface area contributed by atoms with Gasteiger partial charge in [-0.3, -0.25) is 14.2 Å². The van der Waals surface area contributed by atoms with Crippen molar-refractivity contribution in [3.8, 4) is 22.9 Å². The van der Waals surface area contributed by atoms with E-state index in [2.05, 4.69) is 10.5 Å². The number of hydrogen-bond acceptors (Lipinski definition) is 8. The number of aromatic carboxylic acids is 1. The van der Waals surface area contributed by atoms with Gasteiger partial charge in [0.05, 0.1) is 38.8 Å². The molecule has 0 aliphatic rings. The fourth-order valence-corrected chi connectivity index (χ4v) is 4.69. The van der Waals surface area contributed by atoms with E-state index in [1.165, 1.54) is 38.0 Å². The number of carboxylic acids is 1. The second-order valence-corrected chi connectivity index (χ2v) is 8.95. The van der Waals surface area contributed by atoms with Gasteiger partial charge >= 0.3 is 5.97 Å². The van der Waals surface area contributed by atoms with Crippen molar-refractivity contribution in [2.45, 2.75) is 13.3 Å². The maximum atomic E-state index is 13.6. The van der Waals surface area contributed by atoms with Crippen molar-refractivity contribution in [2.24, 2.45) is 0 Å². The lowest BCUT2D eigenvalue weighted by Gasteiger charge is -2.15. The number of pyridine rings is 1. The number of methoxy groups -OCH3 is 3. The predicted molar refractivity (Wildman–Crippen MR) is 147 cm³/mol. The van der Waals surface area contributed by atoms with Crippen molar-refractivity contribution in [1.29, 1.82) is 0 Å². The molecule has 0 spiro atoms. The summed E-state index contributed by atoms with van der Waals surface area (Å²) in [6, 6.07) is 14.7. The lowest BCUT2D eigenvalue weighted by atomic mass is 10.1. The van der Waals surface area contributed by atoms with Gasteiger partial charge in [-0.25, -0.2) is 4.79 Å². The van der Waals surface area contributed by atoms with Crippen LogP contribution in [0.1, 0.15) is 21.7 Å². The second kappa shape index (κ2) is 10.4. The third kappa shape index (κ3) is 4.57. The SMILES string of the molecule is COc1cc(NC(=O)Cc2cccc(-n3c(=O)c4c(C)onc4c4cc(C(=O)O)ccc43)c2)cc(OC)c1OC. The van der Waals surface area contributed by atoms with E-state index in [1.54, 1.807) is 49.4 Å². The Balaban J connectivity index is 1.53. The minimum atomic E-state index is -1.10. The molecule has 2 heterocycles. The number of carboxylic acid groups (broad SMARTS) is 1. The smallest absolute Gasteiger partial charge is 0.335 e. The van der Waals surface area contributed by atoms with Crippen molar-refractivity contribution in [2.75, 3.05) is 26.6 Å². The molecule has 3 aromatic carbocycles. The first-order valence-corrected chi connectivity index (χ1v) is 12.1. The maximum absolute atomic E-state index is 13.6. The Bertz CT molecular complexity index is 1830. The highest BCUT2D eigenvalue weighted by Gasteiger charge is 2.20. The van der Waals surface area contributed by atoms with Crippen molar-refractivity contribution in [3.63, 3.8) is 0 Å². The molecule has 5 rings (SSSR count). The highest BCUT2D eigenvalue weighted by Crippen LogP contribution is 2.40. The lowest BCUT2D eigenvalue weighted by molar-refractivity contribution is -0.115. The predicted octanol–water partition coefficient (Wildman–Crippen LogP) is 4.35. The van der Waals surface area contributed by atoms with E-state index in [1.807, 2.05) is 0 Å². The molecule has 5 aromatic rings. The second-order valence-electron chi connectivity index (χ2n) is 8.95. The van der Waals surface area contributed by atoms with Gasteiger partial charge in [0.2, 0.25) is 11.7 Å². The van der Waals surface area contributed by atoms with Gasteiger partial charge in [-0.05, 0) is 42.8 Å². The van der Waals surface area contributed by atoms with Gasteiger partial charge in [0.1, 0.15) is 16.7 Å². The summed E-state index contributed by atoms with van der Waals surface area (Å²) in [4.78, 5) is 38.2. The van der Waals surface area contributed by atoms with Gasteiger partial charge in [-0.2, -0.15) is 0 Å². The minimum Gasteiger partial charge on any atom is -0.493 e. The Morgan fingerprint density at radius 1 is 1.00 bits per heavy atom. The van der Waals surface area contributed by atoms with Crippen LogP contribution in [0.5, 0.6) is 17.2 Å². The number of fused-ring (bicyclic) bond motifs is 3. The molecule has 11 heteroatoms. The first-order chi connectivity index (χ1) is 19.2. The van der Waals surface area contributed by atoms with E-state index in [0.717, 1.165) is 0 Å².